The average Bonchev–Trinajstić information content (AvgIpc) is 2.34. The van der Waals surface area contributed by atoms with Gasteiger partial charge in [-0.05, 0) is 26.0 Å². The molecule has 1 aromatic carbocycles. The lowest BCUT2D eigenvalue weighted by Gasteiger charge is -2.32. The van der Waals surface area contributed by atoms with Crippen LogP contribution in [-0.4, -0.2) is 32.2 Å². The van der Waals surface area contributed by atoms with Gasteiger partial charge in [0.25, 0.3) is 5.12 Å². The van der Waals surface area contributed by atoms with Crippen molar-refractivity contribution in [1.82, 2.24) is 0 Å². The standard InChI is InChI=1S/C12H13NO5S/c1-12(2)11(15)19(16,17)9-7(10(14)18-3)5-4-6-8(9)13-12/h4-6,13H,1-3H3. The molecule has 6 nitrogen and oxygen atoms in total. The molecule has 0 spiro atoms. The maximum atomic E-state index is 12.3. The molecule has 0 amide bonds. The molecule has 1 heterocycles. The Kier molecular flexibility index (Phi) is 2.89. The van der Waals surface area contributed by atoms with Crippen molar-refractivity contribution >= 4 is 26.6 Å². The Morgan fingerprint density at radius 1 is 1.32 bits per heavy atom. The number of nitrogens with one attached hydrogen (secondary N) is 1. The van der Waals surface area contributed by atoms with Crippen LogP contribution in [0.25, 0.3) is 0 Å². The van der Waals surface area contributed by atoms with Crippen LogP contribution < -0.4 is 5.32 Å². The Labute approximate surface area is 110 Å². The molecule has 0 unspecified atom stereocenters. The first-order chi connectivity index (χ1) is 8.71. The van der Waals surface area contributed by atoms with Crippen molar-refractivity contribution in [1.29, 1.82) is 0 Å². The van der Waals surface area contributed by atoms with Gasteiger partial charge in [0.15, 0.2) is 0 Å². The highest BCUT2D eigenvalue weighted by molar-refractivity contribution is 8.06. The van der Waals surface area contributed by atoms with Gasteiger partial charge in [-0.1, -0.05) is 6.07 Å². The first kappa shape index (κ1) is 13.5. The summed E-state index contributed by atoms with van der Waals surface area (Å²) in [7, 11) is -3.07. The molecule has 0 saturated carbocycles. The van der Waals surface area contributed by atoms with Gasteiger partial charge in [0.1, 0.15) is 10.4 Å². The van der Waals surface area contributed by atoms with Crippen LogP contribution in [0, 0.1) is 0 Å². The fourth-order valence-electron chi connectivity index (χ4n) is 2.01. The van der Waals surface area contributed by atoms with Crippen molar-refractivity contribution in [2.75, 3.05) is 12.4 Å². The summed E-state index contributed by atoms with van der Waals surface area (Å²) in [5.74, 6) is -0.797. The van der Waals surface area contributed by atoms with Gasteiger partial charge in [0.05, 0.1) is 18.4 Å². The van der Waals surface area contributed by atoms with E-state index in [0.29, 0.717) is 0 Å². The number of benzene rings is 1. The smallest absolute Gasteiger partial charge is 0.339 e. The fraction of sp³-hybridized carbons (Fsp3) is 0.333. The number of sulfone groups is 1. The number of carbonyl (C=O) groups is 2. The second-order valence-corrected chi connectivity index (χ2v) is 6.50. The molecule has 0 radical (unpaired) electrons. The summed E-state index contributed by atoms with van der Waals surface area (Å²) in [5.41, 5.74) is -1.15. The molecule has 1 N–H and O–H groups in total. The third-order valence-corrected chi connectivity index (χ3v) is 4.87. The largest absolute Gasteiger partial charge is 0.465 e. The quantitative estimate of drug-likeness (QED) is 0.773. The van der Waals surface area contributed by atoms with Crippen LogP contribution in [0.2, 0.25) is 0 Å². The number of rotatable bonds is 1. The molecular weight excluding hydrogens is 270 g/mol. The van der Waals surface area contributed by atoms with Crippen molar-refractivity contribution in [3.8, 4) is 0 Å². The highest BCUT2D eigenvalue weighted by atomic mass is 32.2. The van der Waals surface area contributed by atoms with E-state index < -0.39 is 26.5 Å². The van der Waals surface area contributed by atoms with Crippen LogP contribution >= 0.6 is 0 Å². The lowest BCUT2D eigenvalue weighted by Crippen LogP contribution is -2.48. The molecule has 0 bridgehead atoms. The number of esters is 1. The van der Waals surface area contributed by atoms with Gasteiger partial charge in [-0.2, -0.15) is 0 Å². The van der Waals surface area contributed by atoms with Crippen molar-refractivity contribution < 1.29 is 22.7 Å². The first-order valence-corrected chi connectivity index (χ1v) is 6.99. The number of hydrogen-bond acceptors (Lipinski definition) is 6. The molecule has 0 saturated heterocycles. The Hall–Kier alpha value is -1.89. The van der Waals surface area contributed by atoms with E-state index in [4.69, 9.17) is 0 Å². The minimum absolute atomic E-state index is 0.142. The zero-order chi connectivity index (χ0) is 14.4. The first-order valence-electron chi connectivity index (χ1n) is 5.51. The van der Waals surface area contributed by atoms with Crippen LogP contribution in [0.15, 0.2) is 23.1 Å². The van der Waals surface area contributed by atoms with E-state index in [-0.39, 0.29) is 16.1 Å². The van der Waals surface area contributed by atoms with E-state index in [1.807, 2.05) is 0 Å². The third-order valence-electron chi connectivity index (χ3n) is 2.89. The van der Waals surface area contributed by atoms with Crippen molar-refractivity contribution in [3.05, 3.63) is 23.8 Å². The van der Waals surface area contributed by atoms with E-state index in [9.17, 15) is 18.0 Å². The number of fused-ring (bicyclic) bond motifs is 1. The topological polar surface area (TPSA) is 89.5 Å². The third kappa shape index (κ3) is 1.90. The van der Waals surface area contributed by atoms with Crippen molar-refractivity contribution in [3.63, 3.8) is 0 Å². The zero-order valence-electron chi connectivity index (χ0n) is 10.7. The number of methoxy groups -OCH3 is 1. The molecule has 1 aliphatic heterocycles. The minimum atomic E-state index is -4.22. The van der Waals surface area contributed by atoms with Gasteiger partial charge in [-0.25, -0.2) is 13.2 Å². The minimum Gasteiger partial charge on any atom is -0.465 e. The summed E-state index contributed by atoms with van der Waals surface area (Å²) in [5, 5.41) is 1.86. The highest BCUT2D eigenvalue weighted by Gasteiger charge is 2.46. The lowest BCUT2D eigenvalue weighted by molar-refractivity contribution is -0.114. The molecule has 0 fully saturated rings. The summed E-state index contributed by atoms with van der Waals surface area (Å²) in [4.78, 5) is 23.3. The van der Waals surface area contributed by atoms with Crippen molar-refractivity contribution in [2.45, 2.75) is 24.3 Å². The van der Waals surface area contributed by atoms with Gasteiger partial charge in [0, 0.05) is 0 Å². The van der Waals surface area contributed by atoms with Crippen molar-refractivity contribution in [2.24, 2.45) is 0 Å². The molecule has 1 aromatic rings. The van der Waals surface area contributed by atoms with Crippen LogP contribution in [0.3, 0.4) is 0 Å². The maximum Gasteiger partial charge on any atom is 0.339 e. The van der Waals surface area contributed by atoms with Gasteiger partial charge < -0.3 is 10.1 Å². The normalized spacial score (nSPS) is 19.2. The van der Waals surface area contributed by atoms with E-state index in [1.165, 1.54) is 32.0 Å². The zero-order valence-corrected chi connectivity index (χ0v) is 11.5. The number of hydrogen-bond donors (Lipinski definition) is 1. The molecular formula is C12H13NO5S. The monoisotopic (exact) mass is 283 g/mol. The predicted molar refractivity (Wildman–Crippen MR) is 67.7 cm³/mol. The molecule has 19 heavy (non-hydrogen) atoms. The fourth-order valence-corrected chi connectivity index (χ4v) is 3.77. The van der Waals surface area contributed by atoms with Gasteiger partial charge in [0.2, 0.25) is 9.84 Å². The molecule has 102 valence electrons. The van der Waals surface area contributed by atoms with Crippen LogP contribution in [0.1, 0.15) is 24.2 Å². The highest BCUT2D eigenvalue weighted by Crippen LogP contribution is 2.36. The number of carbonyl (C=O) groups excluding carboxylic acids is 2. The Morgan fingerprint density at radius 2 is 1.95 bits per heavy atom. The van der Waals surface area contributed by atoms with Gasteiger partial charge >= 0.3 is 5.97 Å². The summed E-state index contributed by atoms with van der Waals surface area (Å²) in [6.45, 7) is 2.95. The van der Waals surface area contributed by atoms with Crippen LogP contribution in [-0.2, 0) is 19.4 Å². The number of ether oxygens (including phenoxy) is 1. The van der Waals surface area contributed by atoms with E-state index in [1.54, 1.807) is 0 Å². The lowest BCUT2D eigenvalue weighted by atomic mass is 10.1. The second-order valence-electron chi connectivity index (χ2n) is 4.71. The summed E-state index contributed by atoms with van der Waals surface area (Å²) in [6, 6.07) is 4.35. The van der Waals surface area contributed by atoms with E-state index in [0.717, 1.165) is 7.11 Å². The molecule has 0 aliphatic carbocycles. The van der Waals surface area contributed by atoms with E-state index in [2.05, 4.69) is 10.1 Å². The Morgan fingerprint density at radius 3 is 2.53 bits per heavy atom. The molecule has 2 rings (SSSR count). The predicted octanol–water partition coefficient (Wildman–Crippen LogP) is 0.978. The molecule has 0 atom stereocenters. The molecule has 0 aromatic heterocycles. The molecule has 7 heteroatoms. The molecule has 1 aliphatic rings. The SMILES string of the molecule is COC(=O)c1cccc2c1S(=O)(=O)C(=O)C(C)(C)N2. The van der Waals surface area contributed by atoms with E-state index >= 15 is 0 Å². The van der Waals surface area contributed by atoms with Crippen LogP contribution in [0.5, 0.6) is 0 Å². The second kappa shape index (κ2) is 4.06. The summed E-state index contributed by atoms with van der Waals surface area (Å²) < 4.78 is 29.1. The average molecular weight is 283 g/mol. The van der Waals surface area contributed by atoms with Gasteiger partial charge in [-0.3, -0.25) is 4.79 Å². The summed E-state index contributed by atoms with van der Waals surface area (Å²) in [6.07, 6.45) is 0. The van der Waals surface area contributed by atoms with Crippen LogP contribution in [0.4, 0.5) is 5.69 Å². The maximum absolute atomic E-state index is 12.3. The summed E-state index contributed by atoms with van der Waals surface area (Å²) >= 11 is 0. The Balaban J connectivity index is 2.80. The Bertz CT molecular complexity index is 675. The van der Waals surface area contributed by atoms with Gasteiger partial charge in [-0.15, -0.1) is 0 Å². The number of anilines is 1.